The molecule has 104 valence electrons. The van der Waals surface area contributed by atoms with Crippen molar-refractivity contribution in [3.63, 3.8) is 0 Å². The second-order valence-corrected chi connectivity index (χ2v) is 4.44. The molecule has 18 heavy (non-hydrogen) atoms. The molecule has 0 aromatic heterocycles. The van der Waals surface area contributed by atoms with E-state index in [1.54, 1.807) is 0 Å². The summed E-state index contributed by atoms with van der Waals surface area (Å²) in [7, 11) is 0. The summed E-state index contributed by atoms with van der Waals surface area (Å²) in [4.78, 5) is 23.2. The fourth-order valence-electron chi connectivity index (χ4n) is 2.01. The quantitative estimate of drug-likeness (QED) is 0.848. The van der Waals surface area contributed by atoms with E-state index in [4.69, 9.17) is 5.11 Å². The SMILES string of the molecule is O=C(O)CCCC(=O)N1CCC(C(F)(F)F)CC1. The second kappa shape index (κ2) is 6.06. The average molecular weight is 267 g/mol. The van der Waals surface area contributed by atoms with Crippen molar-refractivity contribution in [2.45, 2.75) is 38.3 Å². The molecule has 1 aliphatic heterocycles. The van der Waals surface area contributed by atoms with E-state index in [2.05, 4.69) is 0 Å². The molecule has 1 aliphatic rings. The van der Waals surface area contributed by atoms with Gasteiger partial charge in [0.15, 0.2) is 0 Å². The molecule has 4 nitrogen and oxygen atoms in total. The third-order valence-corrected chi connectivity index (χ3v) is 3.09. The van der Waals surface area contributed by atoms with Crippen LogP contribution in [0.25, 0.3) is 0 Å². The van der Waals surface area contributed by atoms with E-state index < -0.39 is 18.1 Å². The van der Waals surface area contributed by atoms with Crippen LogP contribution in [-0.4, -0.2) is 41.1 Å². The predicted molar refractivity (Wildman–Crippen MR) is 56.8 cm³/mol. The number of carboxylic acid groups (broad SMARTS) is 1. The number of rotatable bonds is 4. The number of amides is 1. The predicted octanol–water partition coefficient (Wildman–Crippen LogP) is 2.04. The zero-order valence-electron chi connectivity index (χ0n) is 9.87. The maximum absolute atomic E-state index is 12.4. The minimum absolute atomic E-state index is 0.0613. The molecule has 0 bridgehead atoms. The van der Waals surface area contributed by atoms with Crippen LogP contribution in [0.3, 0.4) is 0 Å². The Hall–Kier alpha value is -1.27. The molecule has 1 amide bonds. The first kappa shape index (κ1) is 14.8. The number of carbonyl (C=O) groups excluding carboxylic acids is 1. The minimum atomic E-state index is -4.18. The first-order valence-electron chi connectivity index (χ1n) is 5.87. The van der Waals surface area contributed by atoms with Crippen molar-refractivity contribution in [1.82, 2.24) is 4.90 Å². The van der Waals surface area contributed by atoms with Gasteiger partial charge in [-0.15, -0.1) is 0 Å². The first-order chi connectivity index (χ1) is 8.30. The lowest BCUT2D eigenvalue weighted by Gasteiger charge is -2.33. The van der Waals surface area contributed by atoms with E-state index in [0.29, 0.717) is 0 Å². The molecule has 1 N–H and O–H groups in total. The molecule has 0 spiro atoms. The van der Waals surface area contributed by atoms with Crippen molar-refractivity contribution < 1.29 is 27.9 Å². The number of hydrogen-bond donors (Lipinski definition) is 1. The van der Waals surface area contributed by atoms with Crippen LogP contribution in [0.2, 0.25) is 0 Å². The molecule has 1 heterocycles. The summed E-state index contributed by atoms with van der Waals surface area (Å²) < 4.78 is 37.2. The van der Waals surface area contributed by atoms with Gasteiger partial charge in [0.2, 0.25) is 5.91 Å². The van der Waals surface area contributed by atoms with E-state index in [0.717, 1.165) is 0 Å². The molecule has 1 rings (SSSR count). The molecule has 0 saturated carbocycles. The fraction of sp³-hybridized carbons (Fsp3) is 0.818. The van der Waals surface area contributed by atoms with Crippen LogP contribution in [0.5, 0.6) is 0 Å². The number of likely N-dealkylation sites (tertiary alicyclic amines) is 1. The van der Waals surface area contributed by atoms with Crippen LogP contribution in [0, 0.1) is 5.92 Å². The molecule has 7 heteroatoms. The smallest absolute Gasteiger partial charge is 0.391 e. The zero-order valence-corrected chi connectivity index (χ0v) is 9.87. The number of aliphatic carboxylic acids is 1. The van der Waals surface area contributed by atoms with Gasteiger partial charge < -0.3 is 10.0 Å². The fourth-order valence-corrected chi connectivity index (χ4v) is 2.01. The molecule has 0 aromatic rings. The highest BCUT2D eigenvalue weighted by molar-refractivity contribution is 5.77. The number of carboxylic acids is 1. The van der Waals surface area contributed by atoms with Crippen molar-refractivity contribution in [2.24, 2.45) is 5.92 Å². The summed E-state index contributed by atoms with van der Waals surface area (Å²) in [5.74, 6) is -2.55. The Bertz CT molecular complexity index is 309. The number of nitrogens with zero attached hydrogens (tertiary/aromatic N) is 1. The molecule has 0 aliphatic carbocycles. The second-order valence-electron chi connectivity index (χ2n) is 4.44. The maximum atomic E-state index is 12.4. The monoisotopic (exact) mass is 267 g/mol. The Balaban J connectivity index is 2.30. The number of hydrogen-bond acceptors (Lipinski definition) is 2. The topological polar surface area (TPSA) is 57.6 Å². The minimum Gasteiger partial charge on any atom is -0.481 e. The third kappa shape index (κ3) is 4.54. The number of piperidine rings is 1. The van der Waals surface area contributed by atoms with Crippen molar-refractivity contribution in [2.75, 3.05) is 13.1 Å². The Labute approximate surface area is 103 Å². The van der Waals surface area contributed by atoms with Crippen LogP contribution in [-0.2, 0) is 9.59 Å². The van der Waals surface area contributed by atoms with Crippen molar-refractivity contribution in [1.29, 1.82) is 0 Å². The first-order valence-corrected chi connectivity index (χ1v) is 5.87. The zero-order chi connectivity index (χ0) is 13.8. The summed E-state index contributed by atoms with van der Waals surface area (Å²) in [5, 5.41) is 8.41. The lowest BCUT2D eigenvalue weighted by atomic mass is 9.96. The largest absolute Gasteiger partial charge is 0.481 e. The molecule has 1 fully saturated rings. The summed E-state index contributed by atoms with van der Waals surface area (Å²) in [6.07, 6.45) is -4.08. The third-order valence-electron chi connectivity index (χ3n) is 3.09. The molecule has 1 saturated heterocycles. The Morgan fingerprint density at radius 2 is 1.72 bits per heavy atom. The summed E-state index contributed by atoms with van der Waals surface area (Å²) in [6, 6.07) is 0. The van der Waals surface area contributed by atoms with E-state index in [-0.39, 0.29) is 51.1 Å². The Kier molecular flexibility index (Phi) is 4.98. The normalized spacial score (nSPS) is 17.8. The van der Waals surface area contributed by atoms with Crippen molar-refractivity contribution in [3.8, 4) is 0 Å². The highest BCUT2D eigenvalue weighted by Crippen LogP contribution is 2.34. The van der Waals surface area contributed by atoms with E-state index in [1.165, 1.54) is 4.90 Å². The molecular formula is C11H16F3NO3. The van der Waals surface area contributed by atoms with Gasteiger partial charge in [0.25, 0.3) is 0 Å². The average Bonchev–Trinajstić information content (AvgIpc) is 2.27. The van der Waals surface area contributed by atoms with Crippen LogP contribution in [0.1, 0.15) is 32.1 Å². The van der Waals surface area contributed by atoms with Gasteiger partial charge in [0.1, 0.15) is 0 Å². The highest BCUT2D eigenvalue weighted by Gasteiger charge is 2.41. The standard InChI is InChI=1S/C11H16F3NO3/c12-11(13,14)8-4-6-15(7-5-8)9(16)2-1-3-10(17)18/h8H,1-7H2,(H,17,18). The van der Waals surface area contributed by atoms with Gasteiger partial charge in [-0.1, -0.05) is 0 Å². The van der Waals surface area contributed by atoms with E-state index >= 15 is 0 Å². The van der Waals surface area contributed by atoms with Crippen molar-refractivity contribution >= 4 is 11.9 Å². The molecule has 0 aromatic carbocycles. The van der Waals surface area contributed by atoms with Crippen LogP contribution in [0.4, 0.5) is 13.2 Å². The number of alkyl halides is 3. The lowest BCUT2D eigenvalue weighted by molar-refractivity contribution is -0.186. The summed E-state index contributed by atoms with van der Waals surface area (Å²) >= 11 is 0. The molecular weight excluding hydrogens is 251 g/mol. The van der Waals surface area contributed by atoms with Gasteiger partial charge in [-0.25, -0.2) is 0 Å². The Morgan fingerprint density at radius 1 is 1.17 bits per heavy atom. The van der Waals surface area contributed by atoms with Gasteiger partial charge in [0, 0.05) is 25.9 Å². The number of carbonyl (C=O) groups is 2. The molecule has 0 atom stereocenters. The van der Waals surface area contributed by atoms with Crippen LogP contribution in [0.15, 0.2) is 0 Å². The molecule has 0 unspecified atom stereocenters. The van der Waals surface area contributed by atoms with E-state index in [1.807, 2.05) is 0 Å². The van der Waals surface area contributed by atoms with Gasteiger partial charge in [0.05, 0.1) is 5.92 Å². The molecule has 0 radical (unpaired) electrons. The van der Waals surface area contributed by atoms with Gasteiger partial charge in [-0.3, -0.25) is 9.59 Å². The highest BCUT2D eigenvalue weighted by atomic mass is 19.4. The van der Waals surface area contributed by atoms with Gasteiger partial charge >= 0.3 is 12.1 Å². The van der Waals surface area contributed by atoms with Gasteiger partial charge in [-0.05, 0) is 19.3 Å². The maximum Gasteiger partial charge on any atom is 0.391 e. The number of halogens is 3. The van der Waals surface area contributed by atoms with Gasteiger partial charge in [-0.2, -0.15) is 13.2 Å². The van der Waals surface area contributed by atoms with Crippen LogP contribution < -0.4 is 0 Å². The summed E-state index contributed by atoms with van der Waals surface area (Å²) in [5.41, 5.74) is 0. The van der Waals surface area contributed by atoms with Crippen molar-refractivity contribution in [3.05, 3.63) is 0 Å². The summed E-state index contributed by atoms with van der Waals surface area (Å²) in [6.45, 7) is 0.214. The van der Waals surface area contributed by atoms with Crippen LogP contribution >= 0.6 is 0 Å². The Morgan fingerprint density at radius 3 is 2.17 bits per heavy atom. The lowest BCUT2D eigenvalue weighted by Crippen LogP contribution is -2.42. The van der Waals surface area contributed by atoms with E-state index in [9.17, 15) is 22.8 Å².